The van der Waals surface area contributed by atoms with E-state index in [4.69, 9.17) is 0 Å². The smallest absolute Gasteiger partial charge is 0.191 e. The Kier molecular flexibility index (Phi) is 4.07. The maximum atomic E-state index is 9.29. The van der Waals surface area contributed by atoms with Gasteiger partial charge in [0, 0.05) is 30.7 Å². The second-order valence-electron chi connectivity index (χ2n) is 5.03. The molecule has 1 aliphatic rings. The maximum Gasteiger partial charge on any atom is 0.191 e. The zero-order valence-corrected chi connectivity index (χ0v) is 12.4. The lowest BCUT2D eigenvalue weighted by molar-refractivity contribution is 0.263. The van der Waals surface area contributed by atoms with Crippen LogP contribution in [0.15, 0.2) is 17.6 Å². The minimum atomic E-state index is -0.0295. The van der Waals surface area contributed by atoms with Gasteiger partial charge in [-0.1, -0.05) is 11.8 Å². The highest BCUT2D eigenvalue weighted by molar-refractivity contribution is 7.99. The summed E-state index contributed by atoms with van der Waals surface area (Å²) in [5, 5.41) is 18.5. The third-order valence-electron chi connectivity index (χ3n) is 3.49. The van der Waals surface area contributed by atoms with Crippen molar-refractivity contribution in [2.24, 2.45) is 0 Å². The van der Waals surface area contributed by atoms with E-state index in [2.05, 4.69) is 24.3 Å². The van der Waals surface area contributed by atoms with Gasteiger partial charge >= 0.3 is 0 Å². The molecule has 7 heteroatoms. The minimum absolute atomic E-state index is 0.0295. The summed E-state index contributed by atoms with van der Waals surface area (Å²) in [6.07, 6.45) is 7.25. The number of aliphatic hydroxyl groups is 1. The van der Waals surface area contributed by atoms with E-state index in [0.29, 0.717) is 11.9 Å². The highest BCUT2D eigenvalue weighted by Gasteiger charge is 2.29. The summed E-state index contributed by atoms with van der Waals surface area (Å²) >= 11 is 1.72. The van der Waals surface area contributed by atoms with E-state index in [-0.39, 0.29) is 6.61 Å². The lowest BCUT2D eigenvalue weighted by Gasteiger charge is -2.07. The molecule has 2 aromatic heterocycles. The Balaban J connectivity index is 1.54. The number of thioether (sulfide) groups is 1. The summed E-state index contributed by atoms with van der Waals surface area (Å²) in [5.74, 6) is 2.74. The quantitative estimate of drug-likeness (QED) is 0.622. The van der Waals surface area contributed by atoms with Crippen molar-refractivity contribution in [1.29, 1.82) is 0 Å². The number of rotatable bonds is 7. The van der Waals surface area contributed by atoms with Crippen molar-refractivity contribution in [3.63, 3.8) is 0 Å². The van der Waals surface area contributed by atoms with Crippen LogP contribution in [-0.4, -0.2) is 35.2 Å². The van der Waals surface area contributed by atoms with Crippen LogP contribution in [0.4, 0.5) is 0 Å². The van der Waals surface area contributed by atoms with Gasteiger partial charge in [0.2, 0.25) is 0 Å². The zero-order chi connectivity index (χ0) is 13.9. The first-order valence-corrected chi connectivity index (χ1v) is 7.93. The number of aryl methyl sites for hydroxylation is 2. The Morgan fingerprint density at radius 1 is 1.40 bits per heavy atom. The van der Waals surface area contributed by atoms with Crippen LogP contribution in [-0.2, 0) is 13.2 Å². The molecule has 2 aromatic rings. The van der Waals surface area contributed by atoms with Crippen LogP contribution in [0.5, 0.6) is 0 Å². The van der Waals surface area contributed by atoms with Gasteiger partial charge < -0.3 is 14.2 Å². The van der Waals surface area contributed by atoms with E-state index >= 15 is 0 Å². The van der Waals surface area contributed by atoms with Gasteiger partial charge in [0.15, 0.2) is 11.0 Å². The van der Waals surface area contributed by atoms with Gasteiger partial charge in [-0.3, -0.25) is 0 Å². The van der Waals surface area contributed by atoms with Crippen molar-refractivity contribution in [3.8, 4) is 0 Å². The van der Waals surface area contributed by atoms with Crippen LogP contribution < -0.4 is 0 Å². The van der Waals surface area contributed by atoms with Crippen LogP contribution in [0.3, 0.4) is 0 Å². The molecule has 1 aliphatic carbocycles. The third kappa shape index (κ3) is 2.88. The molecule has 2 heterocycles. The van der Waals surface area contributed by atoms with Gasteiger partial charge in [0.1, 0.15) is 12.4 Å². The van der Waals surface area contributed by atoms with E-state index in [9.17, 15) is 5.11 Å². The van der Waals surface area contributed by atoms with E-state index in [1.54, 1.807) is 11.8 Å². The summed E-state index contributed by atoms with van der Waals surface area (Å²) in [6.45, 7) is 2.96. The summed E-state index contributed by atoms with van der Waals surface area (Å²) < 4.78 is 4.26. The number of imidazole rings is 1. The summed E-state index contributed by atoms with van der Waals surface area (Å²) in [6, 6.07) is 0.505. The molecule has 0 spiro atoms. The average molecular weight is 293 g/mol. The van der Waals surface area contributed by atoms with Crippen LogP contribution >= 0.6 is 11.8 Å². The fourth-order valence-electron chi connectivity index (χ4n) is 2.25. The molecule has 0 aromatic carbocycles. The van der Waals surface area contributed by atoms with Crippen LogP contribution in [0.25, 0.3) is 0 Å². The van der Waals surface area contributed by atoms with Crippen molar-refractivity contribution in [2.45, 2.75) is 50.5 Å². The standard InChI is InChI=1S/C13H19N5OS/c1-10-14-5-7-17(10)6-2-8-20-13-16-15-12(9-19)18(13)11-3-4-11/h5,7,11,19H,2-4,6,8-9H2,1H3. The van der Waals surface area contributed by atoms with Crippen LogP contribution in [0.2, 0.25) is 0 Å². The van der Waals surface area contributed by atoms with Gasteiger partial charge in [0.25, 0.3) is 0 Å². The van der Waals surface area contributed by atoms with E-state index in [1.165, 1.54) is 12.8 Å². The molecule has 0 radical (unpaired) electrons. The predicted molar refractivity (Wildman–Crippen MR) is 76.5 cm³/mol. The lowest BCUT2D eigenvalue weighted by atomic mass is 10.4. The summed E-state index contributed by atoms with van der Waals surface area (Å²) in [5.41, 5.74) is 0. The molecule has 6 nitrogen and oxygen atoms in total. The van der Waals surface area contributed by atoms with Crippen molar-refractivity contribution in [1.82, 2.24) is 24.3 Å². The molecule has 108 valence electrons. The topological polar surface area (TPSA) is 68.8 Å². The van der Waals surface area contributed by atoms with Gasteiger partial charge in [-0.15, -0.1) is 10.2 Å². The Bertz CT molecular complexity index is 575. The molecule has 0 amide bonds. The van der Waals surface area contributed by atoms with Crippen molar-refractivity contribution in [2.75, 3.05) is 5.75 Å². The maximum absolute atomic E-state index is 9.29. The molecule has 1 fully saturated rings. The van der Waals surface area contributed by atoms with E-state index in [0.717, 1.165) is 29.7 Å². The molecule has 0 saturated heterocycles. The molecule has 0 unspecified atom stereocenters. The molecular weight excluding hydrogens is 274 g/mol. The lowest BCUT2D eigenvalue weighted by Crippen LogP contribution is -2.04. The third-order valence-corrected chi connectivity index (χ3v) is 4.52. The highest BCUT2D eigenvalue weighted by Crippen LogP contribution is 2.38. The fraction of sp³-hybridized carbons (Fsp3) is 0.615. The Morgan fingerprint density at radius 3 is 2.90 bits per heavy atom. The Labute approximate surface area is 122 Å². The van der Waals surface area contributed by atoms with Crippen molar-refractivity contribution < 1.29 is 5.11 Å². The van der Waals surface area contributed by atoms with Crippen molar-refractivity contribution in [3.05, 3.63) is 24.0 Å². The summed E-state index contributed by atoms with van der Waals surface area (Å²) in [7, 11) is 0. The number of hydrogen-bond donors (Lipinski definition) is 1. The fourth-order valence-corrected chi connectivity index (χ4v) is 3.20. The van der Waals surface area contributed by atoms with Gasteiger partial charge in [-0.2, -0.15) is 0 Å². The average Bonchev–Trinajstić information content (AvgIpc) is 3.08. The molecule has 0 bridgehead atoms. The monoisotopic (exact) mass is 293 g/mol. The first-order chi connectivity index (χ1) is 9.79. The van der Waals surface area contributed by atoms with Crippen LogP contribution in [0, 0.1) is 6.92 Å². The summed E-state index contributed by atoms with van der Waals surface area (Å²) in [4.78, 5) is 4.22. The molecule has 0 aliphatic heterocycles. The predicted octanol–water partition coefficient (Wildman–Crippen LogP) is 1.79. The molecule has 3 rings (SSSR count). The molecule has 1 saturated carbocycles. The Hall–Kier alpha value is -1.34. The zero-order valence-electron chi connectivity index (χ0n) is 11.6. The van der Waals surface area contributed by atoms with E-state index in [1.807, 2.05) is 19.3 Å². The normalized spacial score (nSPS) is 14.9. The number of aromatic nitrogens is 5. The van der Waals surface area contributed by atoms with Gasteiger partial charge in [-0.05, 0) is 26.2 Å². The highest BCUT2D eigenvalue weighted by atomic mass is 32.2. The first kappa shape index (κ1) is 13.6. The Morgan fingerprint density at radius 2 is 2.25 bits per heavy atom. The van der Waals surface area contributed by atoms with Crippen LogP contribution in [0.1, 0.15) is 37.0 Å². The largest absolute Gasteiger partial charge is 0.388 e. The van der Waals surface area contributed by atoms with E-state index < -0.39 is 0 Å². The van der Waals surface area contributed by atoms with Crippen molar-refractivity contribution >= 4 is 11.8 Å². The second kappa shape index (κ2) is 5.97. The molecule has 1 N–H and O–H groups in total. The number of nitrogens with zero attached hydrogens (tertiary/aromatic N) is 5. The SMILES string of the molecule is Cc1nccn1CCCSc1nnc(CO)n1C1CC1. The molecular formula is C13H19N5OS. The minimum Gasteiger partial charge on any atom is -0.388 e. The molecule has 0 atom stereocenters. The first-order valence-electron chi connectivity index (χ1n) is 6.94. The number of aliphatic hydroxyl groups excluding tert-OH is 1. The van der Waals surface area contributed by atoms with Gasteiger partial charge in [0.05, 0.1) is 0 Å². The number of hydrogen-bond acceptors (Lipinski definition) is 5. The second-order valence-corrected chi connectivity index (χ2v) is 6.09. The molecule has 20 heavy (non-hydrogen) atoms. The van der Waals surface area contributed by atoms with Gasteiger partial charge in [-0.25, -0.2) is 4.98 Å².